The number of nitrogens with zero attached hydrogens (tertiary/aromatic N) is 5. The molecule has 0 saturated carbocycles. The molecule has 6 nitrogen and oxygen atoms in total. The molecule has 5 rings (SSSR count). The normalized spacial score (nSPS) is 22.2. The summed E-state index contributed by atoms with van der Waals surface area (Å²) < 4.78 is 0. The van der Waals surface area contributed by atoms with Crippen LogP contribution in [0.5, 0.6) is 0 Å². The van der Waals surface area contributed by atoms with Crippen molar-refractivity contribution in [2.75, 3.05) is 64.2 Å². The second-order valence-corrected chi connectivity index (χ2v) is 11.8. The summed E-state index contributed by atoms with van der Waals surface area (Å²) in [5, 5.41) is 5.12. The molecule has 1 aliphatic carbocycles. The Bertz CT molecular complexity index is 926. The molecule has 1 atom stereocenters. The number of aromatic nitrogens is 2. The van der Waals surface area contributed by atoms with Crippen molar-refractivity contribution in [2.24, 2.45) is 11.8 Å². The van der Waals surface area contributed by atoms with E-state index in [0.29, 0.717) is 5.92 Å². The van der Waals surface area contributed by atoms with E-state index in [1.807, 2.05) is 11.3 Å². The first-order chi connectivity index (χ1) is 16.1. The third-order valence-electron chi connectivity index (χ3n) is 7.95. The van der Waals surface area contributed by atoms with Crippen molar-refractivity contribution in [1.29, 1.82) is 0 Å². The van der Waals surface area contributed by atoms with Crippen molar-refractivity contribution in [2.45, 2.75) is 59.4 Å². The summed E-state index contributed by atoms with van der Waals surface area (Å²) in [4.78, 5) is 20.7. The van der Waals surface area contributed by atoms with E-state index in [1.165, 1.54) is 100 Å². The Balaban J connectivity index is 1.27. The van der Waals surface area contributed by atoms with Gasteiger partial charge in [-0.1, -0.05) is 20.8 Å². The van der Waals surface area contributed by atoms with Crippen molar-refractivity contribution in [3.63, 3.8) is 0 Å². The van der Waals surface area contributed by atoms with E-state index in [-0.39, 0.29) is 0 Å². The average Bonchev–Trinajstić information content (AvgIpc) is 3.41. The van der Waals surface area contributed by atoms with Gasteiger partial charge in [0.25, 0.3) is 0 Å². The number of thiophene rings is 1. The van der Waals surface area contributed by atoms with E-state index >= 15 is 0 Å². The second-order valence-electron chi connectivity index (χ2n) is 10.7. The van der Waals surface area contributed by atoms with E-state index in [2.05, 4.69) is 40.8 Å². The maximum Gasteiger partial charge on any atom is 0.146 e. The molecule has 2 saturated heterocycles. The highest BCUT2D eigenvalue weighted by Crippen LogP contribution is 2.39. The van der Waals surface area contributed by atoms with Crippen LogP contribution in [0.15, 0.2) is 0 Å². The predicted molar refractivity (Wildman–Crippen MR) is 139 cm³/mol. The molecule has 0 unspecified atom stereocenters. The minimum atomic E-state index is 0.599. The van der Waals surface area contributed by atoms with Gasteiger partial charge in [-0.3, -0.25) is 4.90 Å². The summed E-state index contributed by atoms with van der Waals surface area (Å²) in [6, 6.07) is 0. The fourth-order valence-corrected chi connectivity index (χ4v) is 7.00. The molecule has 33 heavy (non-hydrogen) atoms. The molecule has 4 heterocycles. The molecular formula is C26H42N6S. The first kappa shape index (κ1) is 23.5. The maximum absolute atomic E-state index is 5.13. The monoisotopic (exact) mass is 470 g/mol. The quantitative estimate of drug-likeness (QED) is 0.627. The van der Waals surface area contributed by atoms with E-state index < -0.39 is 0 Å². The molecule has 1 N–H and O–H groups in total. The minimum Gasteiger partial charge on any atom is -0.369 e. The Labute approximate surface area is 203 Å². The summed E-state index contributed by atoms with van der Waals surface area (Å²) in [5.74, 6) is 3.56. The van der Waals surface area contributed by atoms with E-state index in [0.717, 1.165) is 30.6 Å². The van der Waals surface area contributed by atoms with Gasteiger partial charge in [-0.05, 0) is 69.1 Å². The molecule has 2 fully saturated rings. The van der Waals surface area contributed by atoms with Gasteiger partial charge in [0.1, 0.15) is 16.5 Å². The number of aryl methyl sites for hydroxylation is 2. The van der Waals surface area contributed by atoms with Gasteiger partial charge in [0.05, 0.1) is 11.9 Å². The van der Waals surface area contributed by atoms with Crippen LogP contribution in [0.4, 0.5) is 5.82 Å². The highest BCUT2D eigenvalue weighted by atomic mass is 32.1. The fraction of sp³-hybridized carbons (Fsp3) is 0.769. The van der Waals surface area contributed by atoms with Gasteiger partial charge in [0, 0.05) is 44.1 Å². The van der Waals surface area contributed by atoms with Gasteiger partial charge >= 0.3 is 0 Å². The fourth-order valence-electron chi connectivity index (χ4n) is 5.72. The zero-order chi connectivity index (χ0) is 22.8. The number of rotatable bonds is 8. The van der Waals surface area contributed by atoms with Crippen LogP contribution >= 0.6 is 11.3 Å². The lowest BCUT2D eigenvalue weighted by molar-refractivity contribution is 0.126. The first-order valence-electron chi connectivity index (χ1n) is 13.3. The summed E-state index contributed by atoms with van der Waals surface area (Å²) in [6.07, 6.45) is 6.28. The van der Waals surface area contributed by atoms with Crippen LogP contribution in [0.3, 0.4) is 0 Å². The van der Waals surface area contributed by atoms with Gasteiger partial charge in [-0.25, -0.2) is 9.97 Å². The van der Waals surface area contributed by atoms with Crippen molar-refractivity contribution >= 4 is 27.4 Å². The van der Waals surface area contributed by atoms with Gasteiger partial charge < -0.3 is 15.1 Å². The van der Waals surface area contributed by atoms with Crippen LogP contribution in [-0.2, 0) is 19.4 Å². The number of piperidine rings is 1. The SMILES string of the molecule is CCN1CCN(C[C@H](C)CNc2nc(CN3CCC(C)CC3)nc3sc4c(c23)CCC4)CC1. The highest BCUT2D eigenvalue weighted by Gasteiger charge is 2.24. The third kappa shape index (κ3) is 5.53. The van der Waals surface area contributed by atoms with Crippen molar-refractivity contribution < 1.29 is 0 Å². The van der Waals surface area contributed by atoms with Crippen LogP contribution in [-0.4, -0.2) is 83.6 Å². The van der Waals surface area contributed by atoms with Gasteiger partial charge in [0.2, 0.25) is 0 Å². The first-order valence-corrected chi connectivity index (χ1v) is 14.1. The number of piperazine rings is 1. The Morgan fingerprint density at radius 1 is 1.00 bits per heavy atom. The molecule has 0 amide bonds. The van der Waals surface area contributed by atoms with E-state index in [1.54, 1.807) is 4.88 Å². The van der Waals surface area contributed by atoms with E-state index in [9.17, 15) is 0 Å². The third-order valence-corrected chi connectivity index (χ3v) is 9.14. The number of hydrogen-bond donors (Lipinski definition) is 1. The molecule has 0 aromatic carbocycles. The standard InChI is InChI=1S/C26H42N6S/c1-4-30-12-14-32(15-13-30)17-20(3)16-27-25-24-21-6-5-7-22(21)33-26(24)29-23(28-25)18-31-10-8-19(2)9-11-31/h19-20H,4-18H2,1-3H3,(H,27,28,29)/t20-/m1/s1. The average molecular weight is 471 g/mol. The van der Waals surface area contributed by atoms with Crippen LogP contribution in [0, 0.1) is 11.8 Å². The Hall–Kier alpha value is -1.28. The molecule has 2 aromatic rings. The summed E-state index contributed by atoms with van der Waals surface area (Å²) in [6.45, 7) is 18.4. The number of likely N-dealkylation sites (N-methyl/N-ethyl adjacent to an activating group) is 1. The lowest BCUT2D eigenvalue weighted by Gasteiger charge is -2.35. The molecule has 0 spiro atoms. The smallest absolute Gasteiger partial charge is 0.146 e. The number of likely N-dealkylation sites (tertiary alicyclic amines) is 1. The largest absolute Gasteiger partial charge is 0.369 e. The van der Waals surface area contributed by atoms with Crippen LogP contribution in [0.2, 0.25) is 0 Å². The Morgan fingerprint density at radius 2 is 1.76 bits per heavy atom. The summed E-state index contributed by atoms with van der Waals surface area (Å²) in [7, 11) is 0. The zero-order valence-electron chi connectivity index (χ0n) is 20.9. The van der Waals surface area contributed by atoms with Crippen molar-refractivity contribution in [3.05, 3.63) is 16.3 Å². The minimum absolute atomic E-state index is 0.599. The zero-order valence-corrected chi connectivity index (χ0v) is 21.7. The van der Waals surface area contributed by atoms with Gasteiger partial charge in [-0.2, -0.15) is 0 Å². The van der Waals surface area contributed by atoms with E-state index in [4.69, 9.17) is 9.97 Å². The Kier molecular flexibility index (Phi) is 7.50. The Morgan fingerprint density at radius 3 is 2.52 bits per heavy atom. The maximum atomic E-state index is 5.13. The lowest BCUT2D eigenvalue weighted by atomic mass is 9.99. The number of nitrogens with one attached hydrogen (secondary N) is 1. The molecule has 182 valence electrons. The number of anilines is 1. The lowest BCUT2D eigenvalue weighted by Crippen LogP contribution is -2.47. The molecule has 7 heteroatoms. The highest BCUT2D eigenvalue weighted by molar-refractivity contribution is 7.19. The molecule has 0 bridgehead atoms. The molecular weight excluding hydrogens is 428 g/mol. The predicted octanol–water partition coefficient (Wildman–Crippen LogP) is 4.10. The van der Waals surface area contributed by atoms with Crippen LogP contribution in [0.1, 0.15) is 56.3 Å². The molecule has 2 aromatic heterocycles. The van der Waals surface area contributed by atoms with Gasteiger partial charge in [0.15, 0.2) is 0 Å². The molecule has 3 aliphatic rings. The molecule has 2 aliphatic heterocycles. The van der Waals surface area contributed by atoms with Crippen molar-refractivity contribution in [1.82, 2.24) is 24.7 Å². The van der Waals surface area contributed by atoms with Crippen LogP contribution < -0.4 is 5.32 Å². The van der Waals surface area contributed by atoms with Crippen molar-refractivity contribution in [3.8, 4) is 0 Å². The topological polar surface area (TPSA) is 47.5 Å². The van der Waals surface area contributed by atoms with Gasteiger partial charge in [-0.15, -0.1) is 11.3 Å². The van der Waals surface area contributed by atoms with Crippen LogP contribution in [0.25, 0.3) is 10.2 Å². The number of fused-ring (bicyclic) bond motifs is 3. The second kappa shape index (κ2) is 10.5. The summed E-state index contributed by atoms with van der Waals surface area (Å²) >= 11 is 1.92. The summed E-state index contributed by atoms with van der Waals surface area (Å²) in [5.41, 5.74) is 1.53. The number of hydrogen-bond acceptors (Lipinski definition) is 7. The molecule has 0 radical (unpaired) electrons.